The number of aliphatic hydroxyl groups is 2. The van der Waals surface area contributed by atoms with Crippen molar-refractivity contribution in [2.45, 2.75) is 6.10 Å². The lowest BCUT2D eigenvalue weighted by Gasteiger charge is -2.06. The van der Waals surface area contributed by atoms with Gasteiger partial charge in [0.2, 0.25) is 0 Å². The quantitative estimate of drug-likeness (QED) is 0.722. The largest absolute Gasteiger partial charge is 0.393 e. The summed E-state index contributed by atoms with van der Waals surface area (Å²) in [6.07, 6.45) is 0.419. The van der Waals surface area contributed by atoms with E-state index in [1.54, 1.807) is 0 Å². The molecule has 1 rings (SSSR count). The fourth-order valence-electron chi connectivity index (χ4n) is 0.724. The highest BCUT2D eigenvalue weighted by Gasteiger charge is 2.08. The van der Waals surface area contributed by atoms with Gasteiger partial charge < -0.3 is 10.2 Å². The van der Waals surface area contributed by atoms with Gasteiger partial charge in [0.05, 0.1) is 11.6 Å². The summed E-state index contributed by atoms with van der Waals surface area (Å²) in [5.74, 6) is 0. The summed E-state index contributed by atoms with van der Waals surface area (Å²) in [6, 6.07) is 1.47. The Morgan fingerprint density at radius 3 is 2.67 bits per heavy atom. The molecule has 0 saturated heterocycles. The maximum Gasteiger partial charge on any atom is 0.147 e. The van der Waals surface area contributed by atoms with Gasteiger partial charge in [-0.1, -0.05) is 23.2 Å². The highest BCUT2D eigenvalue weighted by Crippen LogP contribution is 2.22. The van der Waals surface area contributed by atoms with Crippen LogP contribution >= 0.6 is 23.2 Å². The first-order valence-electron chi connectivity index (χ1n) is 3.25. The number of aromatic nitrogens is 1. The van der Waals surface area contributed by atoms with Crippen LogP contribution in [0.2, 0.25) is 10.2 Å². The van der Waals surface area contributed by atoms with Crippen LogP contribution in [0.1, 0.15) is 11.7 Å². The lowest BCUT2D eigenvalue weighted by atomic mass is 10.2. The van der Waals surface area contributed by atoms with E-state index in [1.165, 1.54) is 12.3 Å². The third kappa shape index (κ3) is 2.08. The van der Waals surface area contributed by atoms with E-state index in [2.05, 4.69) is 4.98 Å². The van der Waals surface area contributed by atoms with Crippen LogP contribution in [0.5, 0.6) is 0 Å². The van der Waals surface area contributed by atoms with Gasteiger partial charge in [-0.15, -0.1) is 0 Å². The van der Waals surface area contributed by atoms with Crippen LogP contribution in [0.15, 0.2) is 12.3 Å². The Balaban J connectivity index is 2.96. The molecule has 0 amide bonds. The number of halogens is 2. The molecule has 1 aromatic heterocycles. The van der Waals surface area contributed by atoms with Gasteiger partial charge in [0.15, 0.2) is 0 Å². The van der Waals surface area contributed by atoms with Crippen molar-refractivity contribution in [2.24, 2.45) is 0 Å². The number of hydrogen-bond acceptors (Lipinski definition) is 3. The van der Waals surface area contributed by atoms with Crippen LogP contribution in [0.4, 0.5) is 0 Å². The minimum absolute atomic E-state index is 0.186. The second-order valence-corrected chi connectivity index (χ2v) is 3.00. The molecule has 0 fully saturated rings. The molecule has 1 aromatic rings. The molecular formula is C7H7Cl2NO2. The molecule has 66 valence electrons. The minimum Gasteiger partial charge on any atom is -0.393 e. The first kappa shape index (κ1) is 9.74. The van der Waals surface area contributed by atoms with E-state index in [4.69, 9.17) is 33.4 Å². The predicted octanol–water partition coefficient (Wildman–Crippen LogP) is 1.41. The maximum absolute atomic E-state index is 9.15. The SMILES string of the molecule is OC[C@H](O)c1cnc(Cl)c(Cl)c1. The second kappa shape index (κ2) is 4.05. The van der Waals surface area contributed by atoms with E-state index < -0.39 is 6.10 Å². The van der Waals surface area contributed by atoms with E-state index in [9.17, 15) is 0 Å². The monoisotopic (exact) mass is 207 g/mol. The van der Waals surface area contributed by atoms with E-state index in [0.29, 0.717) is 5.56 Å². The highest BCUT2D eigenvalue weighted by molar-refractivity contribution is 6.41. The van der Waals surface area contributed by atoms with Gasteiger partial charge in [-0.05, 0) is 6.07 Å². The van der Waals surface area contributed by atoms with E-state index in [-0.39, 0.29) is 16.8 Å². The van der Waals surface area contributed by atoms with Crippen molar-refractivity contribution >= 4 is 23.2 Å². The van der Waals surface area contributed by atoms with Gasteiger partial charge in [0, 0.05) is 11.8 Å². The van der Waals surface area contributed by atoms with Gasteiger partial charge in [0.1, 0.15) is 11.3 Å². The van der Waals surface area contributed by atoms with Crippen LogP contribution in [0.3, 0.4) is 0 Å². The highest BCUT2D eigenvalue weighted by atomic mass is 35.5. The molecule has 12 heavy (non-hydrogen) atoms. The van der Waals surface area contributed by atoms with Crippen LogP contribution in [0.25, 0.3) is 0 Å². The minimum atomic E-state index is -0.952. The zero-order valence-corrected chi connectivity index (χ0v) is 7.55. The summed E-state index contributed by atoms with van der Waals surface area (Å²) in [6.45, 7) is -0.361. The number of aliphatic hydroxyl groups excluding tert-OH is 2. The predicted molar refractivity (Wildman–Crippen MR) is 46.3 cm³/mol. The van der Waals surface area contributed by atoms with E-state index >= 15 is 0 Å². The fourth-order valence-corrected chi connectivity index (χ4v) is 1.00. The van der Waals surface area contributed by atoms with Crippen molar-refractivity contribution < 1.29 is 10.2 Å². The number of hydrogen-bond donors (Lipinski definition) is 2. The number of nitrogens with zero attached hydrogens (tertiary/aromatic N) is 1. The molecule has 5 heteroatoms. The Labute approximate surface area is 79.6 Å². The van der Waals surface area contributed by atoms with Crippen molar-refractivity contribution in [1.29, 1.82) is 0 Å². The maximum atomic E-state index is 9.15. The van der Waals surface area contributed by atoms with Gasteiger partial charge >= 0.3 is 0 Å². The first-order chi connectivity index (χ1) is 5.65. The summed E-state index contributed by atoms with van der Waals surface area (Å²) >= 11 is 11.2. The van der Waals surface area contributed by atoms with Gasteiger partial charge in [-0.3, -0.25) is 0 Å². The van der Waals surface area contributed by atoms with Crippen molar-refractivity contribution in [3.05, 3.63) is 28.0 Å². The smallest absolute Gasteiger partial charge is 0.147 e. The zero-order chi connectivity index (χ0) is 9.14. The van der Waals surface area contributed by atoms with Gasteiger partial charge in [-0.2, -0.15) is 0 Å². The third-order valence-corrected chi connectivity index (χ3v) is 2.06. The molecule has 1 atom stereocenters. The van der Waals surface area contributed by atoms with Crippen molar-refractivity contribution in [2.75, 3.05) is 6.61 Å². The molecular weight excluding hydrogens is 201 g/mol. The van der Waals surface area contributed by atoms with Gasteiger partial charge in [0.25, 0.3) is 0 Å². The zero-order valence-electron chi connectivity index (χ0n) is 6.04. The molecule has 3 nitrogen and oxygen atoms in total. The molecule has 0 aliphatic carbocycles. The Morgan fingerprint density at radius 2 is 2.17 bits per heavy atom. The molecule has 0 saturated carbocycles. The summed E-state index contributed by atoms with van der Waals surface area (Å²) in [5, 5.41) is 18.2. The molecule has 1 heterocycles. The summed E-state index contributed by atoms with van der Waals surface area (Å²) in [7, 11) is 0. The summed E-state index contributed by atoms with van der Waals surface area (Å²) in [5.41, 5.74) is 0.451. The molecule has 0 bridgehead atoms. The molecule has 0 spiro atoms. The first-order valence-corrected chi connectivity index (χ1v) is 4.00. The molecule has 0 aromatic carbocycles. The van der Waals surface area contributed by atoms with Crippen LogP contribution in [-0.2, 0) is 0 Å². The van der Waals surface area contributed by atoms with Crippen molar-refractivity contribution in [3.63, 3.8) is 0 Å². The fraction of sp³-hybridized carbons (Fsp3) is 0.286. The Bertz CT molecular complexity index is 280. The summed E-state index contributed by atoms with van der Waals surface area (Å²) < 4.78 is 0. The lowest BCUT2D eigenvalue weighted by molar-refractivity contribution is 0.0953. The van der Waals surface area contributed by atoms with Crippen LogP contribution in [0, 0.1) is 0 Å². The van der Waals surface area contributed by atoms with Crippen LogP contribution in [-0.4, -0.2) is 21.8 Å². The molecule has 2 N–H and O–H groups in total. The average Bonchev–Trinajstić information content (AvgIpc) is 2.08. The molecule has 0 unspecified atom stereocenters. The van der Waals surface area contributed by atoms with Gasteiger partial charge in [-0.25, -0.2) is 4.98 Å². The number of rotatable bonds is 2. The Morgan fingerprint density at radius 1 is 1.50 bits per heavy atom. The standard InChI is InChI=1S/C7H7Cl2NO2/c8-5-1-4(6(12)3-11)2-10-7(5)9/h1-2,6,11-12H,3H2/t6-/m0/s1. The molecule has 0 radical (unpaired) electrons. The lowest BCUT2D eigenvalue weighted by Crippen LogP contribution is -2.02. The van der Waals surface area contributed by atoms with E-state index in [0.717, 1.165) is 0 Å². The topological polar surface area (TPSA) is 53.4 Å². The Kier molecular flexibility index (Phi) is 3.29. The summed E-state index contributed by atoms with van der Waals surface area (Å²) in [4.78, 5) is 3.71. The molecule has 0 aliphatic rings. The normalized spacial score (nSPS) is 13.0. The van der Waals surface area contributed by atoms with Crippen LogP contribution < -0.4 is 0 Å². The van der Waals surface area contributed by atoms with E-state index in [1.807, 2.05) is 0 Å². The van der Waals surface area contributed by atoms with Crippen molar-refractivity contribution in [3.8, 4) is 0 Å². The van der Waals surface area contributed by atoms with Crippen molar-refractivity contribution in [1.82, 2.24) is 4.98 Å². The molecule has 0 aliphatic heterocycles. The Hall–Kier alpha value is -0.350. The average molecular weight is 208 g/mol. The number of pyridine rings is 1. The second-order valence-electron chi connectivity index (χ2n) is 2.24. The third-order valence-electron chi connectivity index (χ3n) is 1.38.